The zero-order chi connectivity index (χ0) is 22.6. The number of hydrogen-bond acceptors (Lipinski definition) is 5. The molecule has 32 heavy (non-hydrogen) atoms. The second-order valence-corrected chi connectivity index (χ2v) is 9.27. The van der Waals surface area contributed by atoms with Crippen LogP contribution in [0, 0.1) is 5.82 Å². The summed E-state index contributed by atoms with van der Waals surface area (Å²) in [7, 11) is -3.99. The van der Waals surface area contributed by atoms with Crippen molar-refractivity contribution in [3.05, 3.63) is 84.1 Å². The van der Waals surface area contributed by atoms with Gasteiger partial charge in [-0.05, 0) is 74.5 Å². The van der Waals surface area contributed by atoms with Gasteiger partial charge in [0, 0.05) is 6.54 Å². The van der Waals surface area contributed by atoms with Crippen molar-refractivity contribution in [2.75, 3.05) is 24.4 Å². The number of carbonyl (C=O) groups excluding carboxylic acids is 1. The number of halogens is 1. The van der Waals surface area contributed by atoms with E-state index >= 15 is 0 Å². The average molecular weight is 458 g/mol. The first kappa shape index (κ1) is 22.0. The Kier molecular flexibility index (Phi) is 6.57. The number of nitrogens with one attached hydrogen (secondary N) is 2. The van der Waals surface area contributed by atoms with Crippen LogP contribution in [0.3, 0.4) is 0 Å². The molecular weight excluding hydrogens is 433 g/mol. The van der Waals surface area contributed by atoms with Crippen LogP contribution in [0.25, 0.3) is 0 Å². The lowest BCUT2D eigenvalue weighted by atomic mass is 10.1. The van der Waals surface area contributed by atoms with Crippen LogP contribution in [0.5, 0.6) is 0 Å². The van der Waals surface area contributed by atoms with E-state index in [0.29, 0.717) is 6.54 Å². The lowest BCUT2D eigenvalue weighted by Gasteiger charge is -2.26. The Bertz CT molecular complexity index is 1160. The second kappa shape index (κ2) is 9.54. The van der Waals surface area contributed by atoms with Crippen molar-refractivity contribution in [3.8, 4) is 0 Å². The lowest BCUT2D eigenvalue weighted by molar-refractivity contribution is 0.0934. The first-order chi connectivity index (χ1) is 15.4. The smallest absolute Gasteiger partial charge is 0.261 e. The molecule has 1 aliphatic heterocycles. The van der Waals surface area contributed by atoms with Gasteiger partial charge in [-0.15, -0.1) is 0 Å². The summed E-state index contributed by atoms with van der Waals surface area (Å²) in [6.45, 7) is 2.18. The molecule has 4 rings (SSSR count). The van der Waals surface area contributed by atoms with E-state index in [-0.39, 0.29) is 22.2 Å². The molecule has 0 spiro atoms. The molecule has 1 atom stereocenters. The van der Waals surface area contributed by atoms with Crippen LogP contribution in [0.15, 0.2) is 76.2 Å². The van der Waals surface area contributed by atoms with Crippen LogP contribution in [0.1, 0.15) is 35.0 Å². The fourth-order valence-corrected chi connectivity index (χ4v) is 4.90. The zero-order valence-electron chi connectivity index (χ0n) is 17.3. The highest BCUT2D eigenvalue weighted by molar-refractivity contribution is 7.92. The maximum absolute atomic E-state index is 13.2. The summed E-state index contributed by atoms with van der Waals surface area (Å²) >= 11 is 0. The quantitative estimate of drug-likeness (QED) is 0.537. The van der Waals surface area contributed by atoms with Crippen molar-refractivity contribution in [1.82, 2.24) is 10.2 Å². The largest absolute Gasteiger partial charge is 0.468 e. The van der Waals surface area contributed by atoms with Crippen LogP contribution >= 0.6 is 0 Å². The topological polar surface area (TPSA) is 91.7 Å². The Morgan fingerprint density at radius 3 is 2.44 bits per heavy atom. The second-order valence-electron chi connectivity index (χ2n) is 7.59. The standard InChI is InChI=1S/C23H24FN3O4S/c24-17-9-11-18(12-10-17)32(29,30)26-20-7-2-1-6-19(20)23(28)25-16-21(22-8-5-15-31-22)27-13-3-4-14-27/h1-2,5-12,15,21,26H,3-4,13-14,16H2,(H,25,28). The van der Waals surface area contributed by atoms with Crippen LogP contribution in [-0.4, -0.2) is 38.9 Å². The fourth-order valence-electron chi connectivity index (χ4n) is 3.82. The SMILES string of the molecule is O=C(NCC(c1ccco1)N1CCCC1)c1ccccc1NS(=O)(=O)c1ccc(F)cc1. The molecule has 9 heteroatoms. The van der Waals surface area contributed by atoms with E-state index in [4.69, 9.17) is 4.42 Å². The van der Waals surface area contributed by atoms with Crippen molar-refractivity contribution in [2.24, 2.45) is 0 Å². The van der Waals surface area contributed by atoms with Gasteiger partial charge >= 0.3 is 0 Å². The highest BCUT2D eigenvalue weighted by atomic mass is 32.2. The van der Waals surface area contributed by atoms with E-state index in [2.05, 4.69) is 14.9 Å². The third-order valence-electron chi connectivity index (χ3n) is 5.45. The molecule has 7 nitrogen and oxygen atoms in total. The van der Waals surface area contributed by atoms with Crippen molar-refractivity contribution in [1.29, 1.82) is 0 Å². The third-order valence-corrected chi connectivity index (χ3v) is 6.83. The number of likely N-dealkylation sites (tertiary alicyclic amines) is 1. The molecule has 0 bridgehead atoms. The number of carbonyl (C=O) groups is 1. The van der Waals surface area contributed by atoms with Crippen molar-refractivity contribution in [2.45, 2.75) is 23.8 Å². The Morgan fingerprint density at radius 2 is 1.75 bits per heavy atom. The van der Waals surface area contributed by atoms with Gasteiger partial charge in [0.1, 0.15) is 11.6 Å². The van der Waals surface area contributed by atoms with Gasteiger partial charge in [-0.1, -0.05) is 12.1 Å². The molecule has 2 N–H and O–H groups in total. The summed E-state index contributed by atoms with van der Waals surface area (Å²) in [4.78, 5) is 15.1. The van der Waals surface area contributed by atoms with E-state index in [1.807, 2.05) is 12.1 Å². The van der Waals surface area contributed by atoms with Gasteiger partial charge in [-0.2, -0.15) is 0 Å². The van der Waals surface area contributed by atoms with Gasteiger partial charge < -0.3 is 9.73 Å². The van der Waals surface area contributed by atoms with Gasteiger partial charge in [0.15, 0.2) is 0 Å². The van der Waals surface area contributed by atoms with Crippen molar-refractivity contribution < 1.29 is 22.0 Å². The predicted molar refractivity (Wildman–Crippen MR) is 118 cm³/mol. The van der Waals surface area contributed by atoms with E-state index < -0.39 is 21.7 Å². The minimum Gasteiger partial charge on any atom is -0.468 e. The molecule has 1 amide bonds. The number of hydrogen-bond donors (Lipinski definition) is 2. The Morgan fingerprint density at radius 1 is 1.03 bits per heavy atom. The van der Waals surface area contributed by atoms with Crippen LogP contribution in [0.2, 0.25) is 0 Å². The average Bonchev–Trinajstić information content (AvgIpc) is 3.49. The molecule has 1 aliphatic rings. The first-order valence-corrected chi connectivity index (χ1v) is 11.9. The van der Waals surface area contributed by atoms with E-state index in [0.717, 1.165) is 43.8 Å². The number of furan rings is 1. The lowest BCUT2D eigenvalue weighted by Crippen LogP contribution is -2.37. The number of benzene rings is 2. The summed E-state index contributed by atoms with van der Waals surface area (Å²) in [5.41, 5.74) is 0.336. The number of sulfonamides is 1. The number of nitrogens with zero attached hydrogens (tertiary/aromatic N) is 1. The van der Waals surface area contributed by atoms with Crippen LogP contribution < -0.4 is 10.0 Å². The molecule has 0 saturated carbocycles. The zero-order valence-corrected chi connectivity index (χ0v) is 18.1. The molecule has 1 unspecified atom stereocenters. The fraction of sp³-hybridized carbons (Fsp3) is 0.261. The molecule has 1 fully saturated rings. The third kappa shape index (κ3) is 5.00. The molecule has 1 aromatic heterocycles. The van der Waals surface area contributed by atoms with Gasteiger partial charge in [0.2, 0.25) is 0 Å². The molecular formula is C23H24FN3O4S. The van der Waals surface area contributed by atoms with Crippen molar-refractivity contribution >= 4 is 21.6 Å². The summed E-state index contributed by atoms with van der Waals surface area (Å²) < 4.78 is 46.6. The van der Waals surface area contributed by atoms with Crippen molar-refractivity contribution in [3.63, 3.8) is 0 Å². The minimum atomic E-state index is -3.99. The molecule has 3 aromatic rings. The minimum absolute atomic E-state index is 0.0963. The Hall–Kier alpha value is -3.17. The van der Waals surface area contributed by atoms with Gasteiger partial charge in [0.25, 0.3) is 15.9 Å². The van der Waals surface area contributed by atoms with E-state index in [1.54, 1.807) is 24.5 Å². The normalized spacial score (nSPS) is 15.4. The summed E-state index contributed by atoms with van der Waals surface area (Å²) in [5, 5.41) is 2.91. The molecule has 2 aromatic carbocycles. The van der Waals surface area contributed by atoms with Crippen LogP contribution in [-0.2, 0) is 10.0 Å². The number of anilines is 1. The maximum Gasteiger partial charge on any atom is 0.261 e. The maximum atomic E-state index is 13.2. The van der Waals surface area contributed by atoms with Gasteiger partial charge in [-0.3, -0.25) is 14.4 Å². The summed E-state index contributed by atoms with van der Waals surface area (Å²) in [6, 6.07) is 14.5. The van der Waals surface area contributed by atoms with Gasteiger partial charge in [-0.25, -0.2) is 12.8 Å². The summed E-state index contributed by atoms with van der Waals surface area (Å²) in [5.74, 6) is -0.163. The van der Waals surface area contributed by atoms with E-state index in [1.165, 1.54) is 18.2 Å². The highest BCUT2D eigenvalue weighted by Gasteiger charge is 2.26. The number of para-hydroxylation sites is 1. The molecule has 1 saturated heterocycles. The van der Waals surface area contributed by atoms with E-state index in [9.17, 15) is 17.6 Å². The number of amides is 1. The molecule has 168 valence electrons. The Balaban J connectivity index is 1.50. The predicted octanol–water partition coefficient (Wildman–Crippen LogP) is 3.79. The first-order valence-electron chi connectivity index (χ1n) is 10.4. The molecule has 0 aliphatic carbocycles. The van der Waals surface area contributed by atoms with Crippen LogP contribution in [0.4, 0.5) is 10.1 Å². The van der Waals surface area contributed by atoms with Gasteiger partial charge in [0.05, 0.1) is 28.5 Å². The number of rotatable bonds is 8. The monoisotopic (exact) mass is 457 g/mol. The Labute approximate surface area is 186 Å². The molecule has 0 radical (unpaired) electrons. The molecule has 2 heterocycles. The highest BCUT2D eigenvalue weighted by Crippen LogP contribution is 2.26. The summed E-state index contributed by atoms with van der Waals surface area (Å²) in [6.07, 6.45) is 3.80.